The molecule has 0 aliphatic carbocycles. The summed E-state index contributed by atoms with van der Waals surface area (Å²) in [6, 6.07) is 5.49. The largest absolute Gasteiger partial charge is 0.496 e. The zero-order valence-corrected chi connectivity index (χ0v) is 11.6. The van der Waals surface area contributed by atoms with Gasteiger partial charge in [0, 0.05) is 11.6 Å². The maximum absolute atomic E-state index is 9.06. The molecule has 0 spiro atoms. The van der Waals surface area contributed by atoms with Gasteiger partial charge in [0.05, 0.1) is 38.7 Å². The smallest absolute Gasteiger partial charge is 0.164 e. The highest BCUT2D eigenvalue weighted by Gasteiger charge is 2.15. The van der Waals surface area contributed by atoms with Crippen LogP contribution in [0, 0.1) is 11.3 Å². The van der Waals surface area contributed by atoms with Crippen molar-refractivity contribution in [2.75, 3.05) is 21.3 Å². The molecule has 0 unspecified atom stereocenters. The van der Waals surface area contributed by atoms with Crippen molar-refractivity contribution in [1.29, 1.82) is 5.26 Å². The molecular weight excluding hydrogens is 244 g/mol. The molecule has 1 rings (SSSR count). The summed E-state index contributed by atoms with van der Waals surface area (Å²) in [5.74, 6) is 1.62. The molecule has 5 heteroatoms. The summed E-state index contributed by atoms with van der Waals surface area (Å²) in [4.78, 5) is 0. The first-order chi connectivity index (χ1) is 9.12. The highest BCUT2D eigenvalue weighted by atomic mass is 16.5. The van der Waals surface area contributed by atoms with Crippen LogP contribution in [-0.4, -0.2) is 21.3 Å². The first-order valence-electron chi connectivity index (χ1n) is 5.81. The van der Waals surface area contributed by atoms with Gasteiger partial charge in [0.15, 0.2) is 11.5 Å². The zero-order chi connectivity index (χ0) is 14.4. The van der Waals surface area contributed by atoms with Crippen molar-refractivity contribution in [3.63, 3.8) is 0 Å². The molecule has 102 valence electrons. The average molecular weight is 262 g/mol. The third-order valence-corrected chi connectivity index (χ3v) is 2.81. The van der Waals surface area contributed by atoms with Gasteiger partial charge in [-0.1, -0.05) is 6.92 Å². The Labute approximate surface area is 113 Å². The van der Waals surface area contributed by atoms with E-state index in [4.69, 9.17) is 25.2 Å². The predicted octanol–water partition coefficient (Wildman–Crippen LogP) is 2.32. The Bertz CT molecular complexity index is 530. The Kier molecular flexibility index (Phi) is 5.07. The minimum Gasteiger partial charge on any atom is -0.496 e. The third kappa shape index (κ3) is 2.91. The molecule has 19 heavy (non-hydrogen) atoms. The summed E-state index contributed by atoms with van der Waals surface area (Å²) in [5.41, 5.74) is 7.55. The number of rotatable bonds is 5. The lowest BCUT2D eigenvalue weighted by Crippen LogP contribution is -2.04. The van der Waals surface area contributed by atoms with Crippen LogP contribution in [0.2, 0.25) is 0 Å². The first-order valence-corrected chi connectivity index (χ1v) is 5.81. The van der Waals surface area contributed by atoms with Crippen molar-refractivity contribution in [2.45, 2.75) is 13.3 Å². The van der Waals surface area contributed by atoms with Crippen LogP contribution in [0.5, 0.6) is 17.2 Å². The summed E-state index contributed by atoms with van der Waals surface area (Å²) in [5, 5.41) is 9.06. The second-order valence-electron chi connectivity index (χ2n) is 3.77. The highest BCUT2D eigenvalue weighted by Crippen LogP contribution is 2.37. The van der Waals surface area contributed by atoms with Gasteiger partial charge < -0.3 is 19.9 Å². The molecule has 0 saturated heterocycles. The van der Waals surface area contributed by atoms with Crippen LogP contribution >= 0.6 is 0 Å². The van der Waals surface area contributed by atoms with Crippen LogP contribution in [-0.2, 0) is 0 Å². The Morgan fingerprint density at radius 1 is 1.11 bits per heavy atom. The number of ether oxygens (including phenoxy) is 3. The number of benzene rings is 1. The summed E-state index contributed by atoms with van der Waals surface area (Å²) in [6.45, 7) is 1.87. The van der Waals surface area contributed by atoms with Crippen LogP contribution in [0.4, 0.5) is 0 Å². The van der Waals surface area contributed by atoms with E-state index >= 15 is 0 Å². The second kappa shape index (κ2) is 6.55. The van der Waals surface area contributed by atoms with E-state index in [1.54, 1.807) is 26.4 Å². The number of allylic oxidation sites excluding steroid dienone is 1. The van der Waals surface area contributed by atoms with E-state index in [-0.39, 0.29) is 0 Å². The van der Waals surface area contributed by atoms with Crippen molar-refractivity contribution < 1.29 is 14.2 Å². The molecule has 0 radical (unpaired) electrons. The molecule has 0 saturated carbocycles. The number of nitriles is 1. The Hall–Kier alpha value is -2.35. The van der Waals surface area contributed by atoms with Gasteiger partial charge in [-0.05, 0) is 12.5 Å². The van der Waals surface area contributed by atoms with Crippen LogP contribution in [0.3, 0.4) is 0 Å². The van der Waals surface area contributed by atoms with E-state index in [0.717, 1.165) is 0 Å². The lowest BCUT2D eigenvalue weighted by atomic mass is 10.0. The number of hydrogen-bond acceptors (Lipinski definition) is 5. The maximum Gasteiger partial charge on any atom is 0.164 e. The van der Waals surface area contributed by atoms with E-state index in [1.165, 1.54) is 7.11 Å². The first kappa shape index (κ1) is 14.7. The standard InChI is InChI=1S/C14H18N2O3/c1-5-9(8-15)14(16)10-6-12(18-3)13(19-4)7-11(10)17-2/h6-7H,5,16H2,1-4H3/b14-9-. The van der Waals surface area contributed by atoms with E-state index in [1.807, 2.05) is 6.92 Å². The highest BCUT2D eigenvalue weighted by molar-refractivity contribution is 5.75. The van der Waals surface area contributed by atoms with Gasteiger partial charge in [-0.3, -0.25) is 0 Å². The zero-order valence-electron chi connectivity index (χ0n) is 11.6. The van der Waals surface area contributed by atoms with Crippen molar-refractivity contribution >= 4 is 5.70 Å². The molecule has 0 atom stereocenters. The Morgan fingerprint density at radius 3 is 2.05 bits per heavy atom. The maximum atomic E-state index is 9.06. The van der Waals surface area contributed by atoms with Crippen molar-refractivity contribution in [1.82, 2.24) is 0 Å². The summed E-state index contributed by atoms with van der Waals surface area (Å²) < 4.78 is 15.7. The molecule has 0 amide bonds. The molecule has 1 aromatic rings. The fourth-order valence-corrected chi connectivity index (χ4v) is 1.73. The molecule has 0 fully saturated rings. The van der Waals surface area contributed by atoms with Crippen molar-refractivity contribution in [3.8, 4) is 23.3 Å². The second-order valence-corrected chi connectivity index (χ2v) is 3.77. The predicted molar refractivity (Wildman–Crippen MR) is 73.1 cm³/mol. The summed E-state index contributed by atoms with van der Waals surface area (Å²) in [7, 11) is 4.62. The van der Waals surface area contributed by atoms with Crippen LogP contribution in [0.25, 0.3) is 5.70 Å². The molecule has 2 N–H and O–H groups in total. The molecule has 1 aromatic carbocycles. The summed E-state index contributed by atoms with van der Waals surface area (Å²) in [6.07, 6.45) is 0.555. The van der Waals surface area contributed by atoms with Crippen molar-refractivity contribution in [2.24, 2.45) is 5.73 Å². The number of methoxy groups -OCH3 is 3. The summed E-state index contributed by atoms with van der Waals surface area (Å²) >= 11 is 0. The van der Waals surface area contributed by atoms with E-state index in [9.17, 15) is 0 Å². The van der Waals surface area contributed by atoms with E-state index in [0.29, 0.717) is 40.5 Å². The molecule has 0 aromatic heterocycles. The SMILES string of the molecule is CC/C(C#N)=C(/N)c1cc(OC)c(OC)cc1OC. The minimum absolute atomic E-state index is 0.391. The van der Waals surface area contributed by atoms with Crippen molar-refractivity contribution in [3.05, 3.63) is 23.3 Å². The average Bonchev–Trinajstić information content (AvgIpc) is 2.46. The van der Waals surface area contributed by atoms with Gasteiger partial charge in [0.25, 0.3) is 0 Å². The topological polar surface area (TPSA) is 77.5 Å². The molecule has 0 bridgehead atoms. The quantitative estimate of drug-likeness (QED) is 0.824. The van der Waals surface area contributed by atoms with E-state index < -0.39 is 0 Å². The van der Waals surface area contributed by atoms with Gasteiger partial charge in [-0.2, -0.15) is 5.26 Å². The lowest BCUT2D eigenvalue weighted by Gasteiger charge is -2.15. The molecular formula is C14H18N2O3. The molecule has 0 aliphatic rings. The number of nitrogens with zero attached hydrogens (tertiary/aromatic N) is 1. The van der Waals surface area contributed by atoms with Gasteiger partial charge in [0.2, 0.25) is 0 Å². The van der Waals surface area contributed by atoms with Crippen LogP contribution in [0.15, 0.2) is 17.7 Å². The Morgan fingerprint density at radius 2 is 1.63 bits per heavy atom. The Balaban J connectivity index is 3.51. The third-order valence-electron chi connectivity index (χ3n) is 2.81. The van der Waals surface area contributed by atoms with Gasteiger partial charge in [0.1, 0.15) is 5.75 Å². The van der Waals surface area contributed by atoms with Gasteiger partial charge in [-0.15, -0.1) is 0 Å². The van der Waals surface area contributed by atoms with Gasteiger partial charge >= 0.3 is 0 Å². The normalized spacial score (nSPS) is 11.3. The molecule has 0 heterocycles. The number of hydrogen-bond donors (Lipinski definition) is 1. The molecule has 0 aliphatic heterocycles. The molecule has 5 nitrogen and oxygen atoms in total. The minimum atomic E-state index is 0.391. The number of nitrogens with two attached hydrogens (primary N) is 1. The monoisotopic (exact) mass is 262 g/mol. The van der Waals surface area contributed by atoms with Crippen LogP contribution in [0.1, 0.15) is 18.9 Å². The van der Waals surface area contributed by atoms with Crippen LogP contribution < -0.4 is 19.9 Å². The lowest BCUT2D eigenvalue weighted by molar-refractivity contribution is 0.348. The fraction of sp³-hybridized carbons (Fsp3) is 0.357. The van der Waals surface area contributed by atoms with E-state index in [2.05, 4.69) is 6.07 Å². The fourth-order valence-electron chi connectivity index (χ4n) is 1.73. The van der Waals surface area contributed by atoms with Gasteiger partial charge in [-0.25, -0.2) is 0 Å².